The molecule has 156 valence electrons. The van der Waals surface area contributed by atoms with Crippen LogP contribution in [-0.4, -0.2) is 71.2 Å². The van der Waals surface area contributed by atoms with Crippen LogP contribution < -0.4 is 10.1 Å². The Kier molecular flexibility index (Phi) is 6.02. The molecule has 2 aliphatic rings. The minimum absolute atomic E-state index is 0.0647. The maximum Gasteiger partial charge on any atom is 0.330 e. The second-order valence-corrected chi connectivity index (χ2v) is 8.57. The summed E-state index contributed by atoms with van der Waals surface area (Å²) in [5, 5.41) is 2.19. The Balaban J connectivity index is 1.65. The smallest absolute Gasteiger partial charge is 0.330 e. The molecule has 2 aliphatic heterocycles. The predicted molar refractivity (Wildman–Crippen MR) is 103 cm³/mol. The van der Waals surface area contributed by atoms with Crippen LogP contribution in [0.5, 0.6) is 5.75 Å². The van der Waals surface area contributed by atoms with E-state index >= 15 is 0 Å². The fraction of sp³-hybridized carbons (Fsp3) is 0.474. The third-order valence-corrected chi connectivity index (χ3v) is 6.36. The Labute approximate surface area is 172 Å². The second-order valence-electron chi connectivity index (χ2n) is 6.92. The molecular weight excluding hydrogens is 400 g/mol. The van der Waals surface area contributed by atoms with Gasteiger partial charge in [-0.15, -0.1) is 11.8 Å². The number of hydrogen-bond acceptors (Lipinski definition) is 8. The van der Waals surface area contributed by atoms with E-state index < -0.39 is 46.0 Å². The molecule has 0 radical (unpaired) electrons. The van der Waals surface area contributed by atoms with Crippen molar-refractivity contribution in [1.82, 2.24) is 10.2 Å². The van der Waals surface area contributed by atoms with Gasteiger partial charge in [-0.3, -0.25) is 14.4 Å². The van der Waals surface area contributed by atoms with Crippen molar-refractivity contribution in [2.24, 2.45) is 0 Å². The first-order valence-corrected chi connectivity index (χ1v) is 9.83. The molecule has 2 heterocycles. The lowest BCUT2D eigenvalue weighted by Gasteiger charge is -2.43. The van der Waals surface area contributed by atoms with E-state index in [2.05, 4.69) is 5.32 Å². The van der Waals surface area contributed by atoms with E-state index in [1.807, 2.05) is 6.07 Å². The topological polar surface area (TPSA) is 111 Å². The quantitative estimate of drug-likeness (QED) is 0.494. The summed E-state index contributed by atoms with van der Waals surface area (Å²) in [4.78, 5) is 49.8. The van der Waals surface area contributed by atoms with E-state index in [0.29, 0.717) is 5.75 Å². The van der Waals surface area contributed by atoms with Gasteiger partial charge in [0.15, 0.2) is 6.61 Å². The van der Waals surface area contributed by atoms with Crippen LogP contribution in [0.3, 0.4) is 0 Å². The lowest BCUT2D eigenvalue weighted by molar-refractivity contribution is -0.164. The number of amides is 2. The molecule has 2 fully saturated rings. The molecule has 1 aromatic rings. The number of rotatable bonds is 7. The van der Waals surface area contributed by atoms with E-state index in [0.717, 1.165) is 0 Å². The van der Waals surface area contributed by atoms with Crippen molar-refractivity contribution in [3.05, 3.63) is 30.3 Å². The number of fused-ring (bicyclic) bond motifs is 1. The third kappa shape index (κ3) is 4.16. The monoisotopic (exact) mass is 422 g/mol. The molecule has 0 aromatic heterocycles. The average Bonchev–Trinajstić information content (AvgIpc) is 2.99. The van der Waals surface area contributed by atoms with Crippen LogP contribution in [0.4, 0.5) is 0 Å². The molecule has 0 aliphatic carbocycles. The Morgan fingerprint density at radius 2 is 1.93 bits per heavy atom. The molecule has 2 unspecified atom stereocenters. The van der Waals surface area contributed by atoms with E-state index in [-0.39, 0.29) is 13.2 Å². The molecule has 0 spiro atoms. The van der Waals surface area contributed by atoms with Gasteiger partial charge in [0.1, 0.15) is 29.8 Å². The lowest BCUT2D eigenvalue weighted by Crippen LogP contribution is -2.71. The van der Waals surface area contributed by atoms with Crippen LogP contribution in [0, 0.1) is 0 Å². The van der Waals surface area contributed by atoms with Crippen LogP contribution in [0.25, 0.3) is 0 Å². The van der Waals surface area contributed by atoms with Gasteiger partial charge >= 0.3 is 11.9 Å². The summed E-state index contributed by atoms with van der Waals surface area (Å²) in [6, 6.07) is 7.13. The normalized spacial score (nSPS) is 27.5. The number of benzene rings is 1. The number of esters is 2. The van der Waals surface area contributed by atoms with E-state index in [1.54, 1.807) is 31.2 Å². The number of para-hydroxylation sites is 1. The van der Waals surface area contributed by atoms with Gasteiger partial charge in [-0.1, -0.05) is 18.2 Å². The van der Waals surface area contributed by atoms with Crippen molar-refractivity contribution < 1.29 is 33.4 Å². The third-order valence-electron chi connectivity index (χ3n) is 4.74. The Morgan fingerprint density at radius 1 is 1.24 bits per heavy atom. The van der Waals surface area contributed by atoms with Gasteiger partial charge in [0.25, 0.3) is 5.91 Å². The van der Waals surface area contributed by atoms with Crippen molar-refractivity contribution in [3.63, 3.8) is 0 Å². The number of hydrogen-bond donors (Lipinski definition) is 1. The number of methoxy groups -OCH3 is 1. The fourth-order valence-electron chi connectivity index (χ4n) is 3.37. The highest BCUT2D eigenvalue weighted by molar-refractivity contribution is 8.01. The van der Waals surface area contributed by atoms with Crippen LogP contribution in [-0.2, 0) is 28.7 Å². The zero-order valence-electron chi connectivity index (χ0n) is 16.2. The van der Waals surface area contributed by atoms with Gasteiger partial charge in [-0.2, -0.15) is 0 Å². The molecule has 0 bridgehead atoms. The first-order valence-electron chi connectivity index (χ1n) is 8.95. The first-order chi connectivity index (χ1) is 13.8. The summed E-state index contributed by atoms with van der Waals surface area (Å²) in [6.07, 6.45) is 0. The average molecular weight is 422 g/mol. The van der Waals surface area contributed by atoms with Crippen LogP contribution in [0.1, 0.15) is 13.8 Å². The maximum absolute atomic E-state index is 12.7. The Morgan fingerprint density at radius 3 is 2.55 bits per heavy atom. The van der Waals surface area contributed by atoms with Gasteiger partial charge in [-0.25, -0.2) is 4.79 Å². The Hall–Kier alpha value is -2.75. The molecule has 4 atom stereocenters. The summed E-state index contributed by atoms with van der Waals surface area (Å²) in [7, 11) is 1.23. The zero-order valence-corrected chi connectivity index (χ0v) is 17.1. The number of nitrogens with zero attached hydrogens (tertiary/aromatic N) is 1. The summed E-state index contributed by atoms with van der Waals surface area (Å²) in [5.74, 6) is -1.38. The highest BCUT2D eigenvalue weighted by Gasteiger charge is 2.66. The number of nitrogens with one attached hydrogen (secondary N) is 1. The second kappa shape index (κ2) is 8.32. The minimum atomic E-state index is -0.914. The highest BCUT2D eigenvalue weighted by atomic mass is 32.2. The molecular formula is C19H22N2O7S. The molecule has 1 aromatic carbocycles. The molecule has 1 N–H and O–H groups in total. The van der Waals surface area contributed by atoms with Crippen molar-refractivity contribution in [2.45, 2.75) is 36.1 Å². The molecule has 2 amide bonds. The predicted octanol–water partition coefficient (Wildman–Crippen LogP) is 0.329. The van der Waals surface area contributed by atoms with Crippen molar-refractivity contribution in [1.29, 1.82) is 0 Å². The van der Waals surface area contributed by atoms with E-state index in [4.69, 9.17) is 14.2 Å². The van der Waals surface area contributed by atoms with Crippen LogP contribution >= 0.6 is 11.8 Å². The van der Waals surface area contributed by atoms with E-state index in [9.17, 15) is 19.2 Å². The number of carbonyl (C=O) groups is 4. The van der Waals surface area contributed by atoms with E-state index in [1.165, 1.54) is 30.7 Å². The molecule has 0 saturated carbocycles. The van der Waals surface area contributed by atoms with Crippen molar-refractivity contribution >= 4 is 35.5 Å². The SMILES string of the molecule is COC(=O)C1N2C(=O)C(NC(=O)COc3ccccc3)[C@@H]2S[C@@]1(C)COC(C)=O. The number of β-lactam (4-membered cyclic amide) rings is 1. The highest BCUT2D eigenvalue weighted by Crippen LogP contribution is 2.51. The minimum Gasteiger partial charge on any atom is -0.484 e. The molecule has 29 heavy (non-hydrogen) atoms. The number of ether oxygens (including phenoxy) is 3. The maximum atomic E-state index is 12.7. The van der Waals surface area contributed by atoms with Gasteiger partial charge < -0.3 is 24.4 Å². The van der Waals surface area contributed by atoms with Crippen LogP contribution in [0.15, 0.2) is 30.3 Å². The van der Waals surface area contributed by atoms with Crippen molar-refractivity contribution in [2.75, 3.05) is 20.3 Å². The lowest BCUT2D eigenvalue weighted by atomic mass is 9.95. The van der Waals surface area contributed by atoms with Gasteiger partial charge in [0.05, 0.1) is 11.9 Å². The van der Waals surface area contributed by atoms with Gasteiger partial charge in [-0.05, 0) is 19.1 Å². The standard InChI is InChI=1S/C19H22N2O7S/c1-11(22)28-10-19(2)15(18(25)26-3)21-16(24)14(17(21)29-19)20-13(23)9-27-12-7-5-4-6-8-12/h4-8,14-15,17H,9-10H2,1-3H3,(H,20,23)/t14?,15?,17-,19-/m0/s1. The Bertz CT molecular complexity index is 818. The summed E-state index contributed by atoms with van der Waals surface area (Å²) < 4.78 is 14.5. The summed E-state index contributed by atoms with van der Waals surface area (Å²) >= 11 is 1.30. The number of carbonyl (C=O) groups excluding carboxylic acids is 4. The van der Waals surface area contributed by atoms with Crippen molar-refractivity contribution in [3.8, 4) is 5.75 Å². The van der Waals surface area contributed by atoms with Gasteiger partial charge in [0.2, 0.25) is 5.91 Å². The first kappa shape index (κ1) is 21.0. The molecule has 2 saturated heterocycles. The zero-order chi connectivity index (χ0) is 21.2. The largest absolute Gasteiger partial charge is 0.484 e. The van der Waals surface area contributed by atoms with Crippen LogP contribution in [0.2, 0.25) is 0 Å². The van der Waals surface area contributed by atoms with Gasteiger partial charge in [0, 0.05) is 6.92 Å². The fourth-order valence-corrected chi connectivity index (χ4v) is 5.04. The molecule has 10 heteroatoms. The summed E-state index contributed by atoms with van der Waals surface area (Å²) in [6.45, 7) is 2.69. The number of thioether (sulfide) groups is 1. The summed E-state index contributed by atoms with van der Waals surface area (Å²) in [5.41, 5.74) is 0. The molecule has 3 rings (SSSR count). The molecule has 9 nitrogen and oxygen atoms in total.